The van der Waals surface area contributed by atoms with Gasteiger partial charge in [-0.1, -0.05) is 158 Å². The van der Waals surface area contributed by atoms with Crippen LogP contribution in [0.25, 0.3) is 0 Å². The molecule has 1 atom stereocenters. The van der Waals surface area contributed by atoms with Crippen LogP contribution >= 0.6 is 0 Å². The van der Waals surface area contributed by atoms with Gasteiger partial charge >= 0.3 is 18.0 Å². The summed E-state index contributed by atoms with van der Waals surface area (Å²) in [6.07, 6.45) is 2.25. The Kier molecular flexibility index (Phi) is 12.3. The highest BCUT2D eigenvalue weighted by Crippen LogP contribution is 2.39. The van der Waals surface area contributed by atoms with Gasteiger partial charge in [0.25, 0.3) is 0 Å². The zero-order valence-electron chi connectivity index (χ0n) is 27.9. The Balaban J connectivity index is 1.53. The summed E-state index contributed by atoms with van der Waals surface area (Å²) in [5.41, 5.74) is 1.04. The van der Waals surface area contributed by atoms with Gasteiger partial charge in [0.2, 0.25) is 0 Å². The second-order valence-corrected chi connectivity index (χ2v) is 11.6. The Morgan fingerprint density at radius 2 is 1.02 bits per heavy atom. The smallest absolute Gasteiger partial charge is 0.409 e. The monoisotopic (exact) mass is 668 g/mol. The third-order valence-corrected chi connectivity index (χ3v) is 8.25. The number of carbonyl (C=O) groups is 3. The lowest BCUT2D eigenvalue weighted by Gasteiger charge is -2.45. The van der Waals surface area contributed by atoms with Crippen LogP contribution in [0.2, 0.25) is 0 Å². The molecule has 0 spiro atoms. The van der Waals surface area contributed by atoms with E-state index in [9.17, 15) is 14.4 Å². The van der Waals surface area contributed by atoms with E-state index in [0.29, 0.717) is 0 Å². The molecule has 0 saturated heterocycles. The Bertz CT molecular complexity index is 1740. The normalized spacial score (nSPS) is 12.4. The third kappa shape index (κ3) is 8.92. The summed E-state index contributed by atoms with van der Waals surface area (Å²) >= 11 is 0. The summed E-state index contributed by atoms with van der Waals surface area (Å²) in [6.45, 7) is 0.110. The second kappa shape index (κ2) is 17.4. The lowest BCUT2D eigenvalue weighted by atomic mass is 9.75. The highest BCUT2D eigenvalue weighted by atomic mass is 16.6. The topological polar surface area (TPSA) is 103 Å². The number of allylic oxidation sites excluding steroid dienone is 1. The van der Waals surface area contributed by atoms with Crippen molar-refractivity contribution >= 4 is 18.0 Å². The van der Waals surface area contributed by atoms with Crippen molar-refractivity contribution in [2.45, 2.75) is 37.3 Å². The van der Waals surface area contributed by atoms with E-state index in [2.05, 4.69) is 10.6 Å². The number of methoxy groups -OCH3 is 1. The van der Waals surface area contributed by atoms with Gasteiger partial charge in [0.1, 0.15) is 13.2 Å². The van der Waals surface area contributed by atoms with Gasteiger partial charge in [0.15, 0.2) is 5.66 Å². The zero-order chi connectivity index (χ0) is 35.1. The molecule has 0 unspecified atom stereocenters. The van der Waals surface area contributed by atoms with Crippen molar-refractivity contribution < 1.29 is 28.6 Å². The number of nitrogens with one attached hydrogen (secondary N) is 2. The van der Waals surface area contributed by atoms with Gasteiger partial charge < -0.3 is 14.2 Å². The SMILES string of the molecule is COC(=O)[C@](CC/C=C/C(=O)OCc1ccccc1)(NC(=O)OCc1ccccc1)NC(c1ccccc1)(c1ccccc1)c1ccccc1. The molecule has 0 aromatic heterocycles. The van der Waals surface area contributed by atoms with Crippen LogP contribution < -0.4 is 10.6 Å². The average Bonchev–Trinajstić information content (AvgIpc) is 3.18. The summed E-state index contributed by atoms with van der Waals surface area (Å²) in [7, 11) is 1.27. The lowest BCUT2D eigenvalue weighted by Crippen LogP contribution is -2.70. The zero-order valence-corrected chi connectivity index (χ0v) is 27.9. The largest absolute Gasteiger partial charge is 0.466 e. The number of ether oxygens (including phenoxy) is 3. The van der Waals surface area contributed by atoms with Crippen molar-refractivity contribution in [3.05, 3.63) is 192 Å². The fraction of sp³-hybridized carbons (Fsp3) is 0.167. The minimum Gasteiger partial charge on any atom is -0.466 e. The van der Waals surface area contributed by atoms with Crippen LogP contribution in [0.5, 0.6) is 0 Å². The number of esters is 2. The number of carbonyl (C=O) groups excluding carboxylic acids is 3. The van der Waals surface area contributed by atoms with E-state index in [0.717, 1.165) is 27.8 Å². The molecule has 254 valence electrons. The fourth-order valence-electron chi connectivity index (χ4n) is 5.83. The van der Waals surface area contributed by atoms with E-state index in [1.165, 1.54) is 13.2 Å². The van der Waals surface area contributed by atoms with Gasteiger partial charge in [-0.25, -0.2) is 14.4 Å². The van der Waals surface area contributed by atoms with Gasteiger partial charge in [0, 0.05) is 6.08 Å². The molecular weight excluding hydrogens is 628 g/mol. The molecule has 1 amide bonds. The van der Waals surface area contributed by atoms with Crippen LogP contribution in [-0.4, -0.2) is 30.8 Å². The van der Waals surface area contributed by atoms with Crippen molar-refractivity contribution in [3.8, 4) is 0 Å². The first-order valence-corrected chi connectivity index (χ1v) is 16.4. The molecule has 0 aliphatic heterocycles. The van der Waals surface area contributed by atoms with Crippen LogP contribution in [-0.2, 0) is 42.6 Å². The van der Waals surface area contributed by atoms with Crippen molar-refractivity contribution in [2.75, 3.05) is 7.11 Å². The maximum atomic E-state index is 14.1. The molecule has 2 N–H and O–H groups in total. The minimum absolute atomic E-state index is 0.0156. The second-order valence-electron chi connectivity index (χ2n) is 11.6. The number of benzene rings is 5. The summed E-state index contributed by atoms with van der Waals surface area (Å²) in [6, 6.07) is 47.7. The average molecular weight is 669 g/mol. The van der Waals surface area contributed by atoms with Crippen LogP contribution in [0, 0.1) is 0 Å². The van der Waals surface area contributed by atoms with Crippen LogP contribution in [0.15, 0.2) is 164 Å². The highest BCUT2D eigenvalue weighted by Gasteiger charge is 2.50. The number of hydrogen-bond donors (Lipinski definition) is 2. The number of rotatable bonds is 15. The standard InChI is InChI=1S/C42H40N2O6/c1-48-39(46)41(43-40(47)50-32-34-21-9-3-10-22-34,30-18-17-29-38(45)49-31-33-19-7-2-8-20-33)44-42(35-23-11-4-12-24-35,36-25-13-5-14-26-36)37-27-15-6-16-28-37/h2-17,19-29,44H,18,30-32H2,1H3,(H,43,47)/b29-17+/t41-/m1/s1. The number of hydrogen-bond acceptors (Lipinski definition) is 7. The molecule has 0 fully saturated rings. The van der Waals surface area contributed by atoms with Crippen LogP contribution in [0.3, 0.4) is 0 Å². The molecule has 0 aliphatic carbocycles. The van der Waals surface area contributed by atoms with Gasteiger partial charge in [-0.2, -0.15) is 0 Å². The molecule has 5 rings (SSSR count). The van der Waals surface area contributed by atoms with E-state index >= 15 is 0 Å². The molecule has 8 heteroatoms. The minimum atomic E-state index is -1.86. The molecule has 0 radical (unpaired) electrons. The summed E-state index contributed by atoms with van der Waals surface area (Å²) in [5.74, 6) is -1.28. The Morgan fingerprint density at radius 3 is 1.46 bits per heavy atom. The molecule has 0 saturated carbocycles. The van der Waals surface area contributed by atoms with Gasteiger partial charge in [-0.05, 0) is 40.7 Å². The first kappa shape index (κ1) is 35.3. The van der Waals surface area contributed by atoms with E-state index in [4.69, 9.17) is 14.2 Å². The molecule has 50 heavy (non-hydrogen) atoms. The molecule has 5 aromatic carbocycles. The van der Waals surface area contributed by atoms with Gasteiger partial charge in [-0.3, -0.25) is 10.6 Å². The Labute approximate surface area is 292 Å². The van der Waals surface area contributed by atoms with Crippen LogP contribution in [0.1, 0.15) is 40.7 Å². The molecular formula is C42H40N2O6. The molecule has 0 heterocycles. The Morgan fingerprint density at radius 1 is 0.600 bits per heavy atom. The van der Waals surface area contributed by atoms with Crippen molar-refractivity contribution in [1.82, 2.24) is 10.6 Å². The molecule has 8 nitrogen and oxygen atoms in total. The predicted octanol–water partition coefficient (Wildman–Crippen LogP) is 7.44. The first-order valence-electron chi connectivity index (χ1n) is 16.4. The molecule has 0 aliphatic rings. The quantitative estimate of drug-likeness (QED) is 0.0393. The predicted molar refractivity (Wildman–Crippen MR) is 191 cm³/mol. The van der Waals surface area contributed by atoms with Crippen LogP contribution in [0.4, 0.5) is 4.79 Å². The van der Waals surface area contributed by atoms with Gasteiger partial charge in [-0.15, -0.1) is 0 Å². The van der Waals surface area contributed by atoms with E-state index < -0.39 is 29.2 Å². The van der Waals surface area contributed by atoms with E-state index in [-0.39, 0.29) is 26.1 Å². The highest BCUT2D eigenvalue weighted by molar-refractivity contribution is 5.86. The summed E-state index contributed by atoms with van der Waals surface area (Å²) in [5, 5.41) is 6.46. The summed E-state index contributed by atoms with van der Waals surface area (Å²) in [4.78, 5) is 40.4. The van der Waals surface area contributed by atoms with Crippen molar-refractivity contribution in [3.63, 3.8) is 0 Å². The van der Waals surface area contributed by atoms with E-state index in [1.54, 1.807) is 6.08 Å². The van der Waals surface area contributed by atoms with E-state index in [1.807, 2.05) is 152 Å². The van der Waals surface area contributed by atoms with Crippen molar-refractivity contribution in [1.29, 1.82) is 0 Å². The maximum absolute atomic E-state index is 14.1. The number of amides is 1. The first-order chi connectivity index (χ1) is 24.4. The number of alkyl carbamates (subject to hydrolysis) is 1. The fourth-order valence-corrected chi connectivity index (χ4v) is 5.83. The van der Waals surface area contributed by atoms with Gasteiger partial charge in [0.05, 0.1) is 12.6 Å². The molecule has 5 aromatic rings. The Hall–Kier alpha value is -5.99. The maximum Gasteiger partial charge on any atom is 0.409 e. The third-order valence-electron chi connectivity index (χ3n) is 8.25. The van der Waals surface area contributed by atoms with Crippen molar-refractivity contribution in [2.24, 2.45) is 0 Å². The summed E-state index contributed by atoms with van der Waals surface area (Å²) < 4.78 is 16.4. The lowest BCUT2D eigenvalue weighted by molar-refractivity contribution is -0.151. The molecule has 0 bridgehead atoms.